The normalized spacial score (nSPS) is 11.2. The smallest absolute Gasteiger partial charge is 0.200 e. The van der Waals surface area contributed by atoms with Crippen LogP contribution in [0, 0.1) is 0 Å². The number of fused-ring (bicyclic) bond motifs is 1. The molecule has 1 N–H and O–H groups in total. The molecule has 0 aliphatic rings. The van der Waals surface area contributed by atoms with Crippen molar-refractivity contribution in [2.75, 3.05) is 11.9 Å². The summed E-state index contributed by atoms with van der Waals surface area (Å²) in [6.07, 6.45) is 5.44. The molecule has 0 atom stereocenters. The predicted octanol–water partition coefficient (Wildman–Crippen LogP) is 2.69. The van der Waals surface area contributed by atoms with Gasteiger partial charge in [0.15, 0.2) is 0 Å². The van der Waals surface area contributed by atoms with E-state index in [9.17, 15) is 0 Å². The standard InChI is InChI=1S/C16H20N6/c1-12(2)14-10-15(16-20-19-11-22(16)21-14)18-9-5-7-13-6-3-4-8-17-13/h3-4,6,8,10-12,18H,5,7,9H2,1-2H3. The van der Waals surface area contributed by atoms with Crippen molar-refractivity contribution in [2.45, 2.75) is 32.6 Å². The van der Waals surface area contributed by atoms with Gasteiger partial charge >= 0.3 is 0 Å². The van der Waals surface area contributed by atoms with Gasteiger partial charge in [0, 0.05) is 18.4 Å². The lowest BCUT2D eigenvalue weighted by atomic mass is 10.1. The lowest BCUT2D eigenvalue weighted by molar-refractivity contribution is 0.761. The number of hydrogen-bond acceptors (Lipinski definition) is 5. The lowest BCUT2D eigenvalue weighted by Crippen LogP contribution is -2.08. The predicted molar refractivity (Wildman–Crippen MR) is 85.9 cm³/mol. The maximum atomic E-state index is 4.51. The van der Waals surface area contributed by atoms with Crippen LogP contribution in [-0.2, 0) is 6.42 Å². The van der Waals surface area contributed by atoms with Crippen molar-refractivity contribution in [1.82, 2.24) is 24.8 Å². The number of rotatable bonds is 6. The van der Waals surface area contributed by atoms with Crippen LogP contribution in [0.3, 0.4) is 0 Å². The number of hydrogen-bond donors (Lipinski definition) is 1. The first kappa shape index (κ1) is 14.4. The summed E-state index contributed by atoms with van der Waals surface area (Å²) in [7, 11) is 0. The van der Waals surface area contributed by atoms with E-state index in [1.807, 2.05) is 18.3 Å². The Labute approximate surface area is 129 Å². The maximum absolute atomic E-state index is 4.51. The summed E-state index contributed by atoms with van der Waals surface area (Å²) in [6.45, 7) is 5.12. The van der Waals surface area contributed by atoms with Crippen molar-refractivity contribution in [3.63, 3.8) is 0 Å². The van der Waals surface area contributed by atoms with Gasteiger partial charge in [-0.15, -0.1) is 10.2 Å². The van der Waals surface area contributed by atoms with Crippen molar-refractivity contribution in [3.8, 4) is 0 Å². The lowest BCUT2D eigenvalue weighted by Gasteiger charge is -2.11. The van der Waals surface area contributed by atoms with Gasteiger partial charge < -0.3 is 5.32 Å². The molecule has 0 aliphatic carbocycles. The number of aryl methyl sites for hydroxylation is 1. The number of aromatic nitrogens is 5. The molecule has 22 heavy (non-hydrogen) atoms. The number of nitrogens with one attached hydrogen (secondary N) is 1. The van der Waals surface area contributed by atoms with E-state index in [1.54, 1.807) is 10.8 Å². The third-order valence-corrected chi connectivity index (χ3v) is 3.53. The van der Waals surface area contributed by atoms with E-state index in [4.69, 9.17) is 0 Å². The topological polar surface area (TPSA) is 68.0 Å². The number of pyridine rings is 1. The summed E-state index contributed by atoms with van der Waals surface area (Å²) in [5, 5.41) is 16.0. The number of nitrogens with zero attached hydrogens (tertiary/aromatic N) is 5. The Bertz CT molecular complexity index is 735. The fourth-order valence-corrected chi connectivity index (χ4v) is 2.30. The summed E-state index contributed by atoms with van der Waals surface area (Å²) in [5.41, 5.74) is 3.90. The highest BCUT2D eigenvalue weighted by Crippen LogP contribution is 2.20. The Balaban J connectivity index is 1.67. The fraction of sp³-hybridized carbons (Fsp3) is 0.375. The van der Waals surface area contributed by atoms with E-state index >= 15 is 0 Å². The van der Waals surface area contributed by atoms with Crippen LogP contribution < -0.4 is 5.32 Å². The average molecular weight is 296 g/mol. The van der Waals surface area contributed by atoms with Gasteiger partial charge in [0.05, 0.1) is 11.4 Å². The van der Waals surface area contributed by atoms with Gasteiger partial charge in [-0.1, -0.05) is 19.9 Å². The minimum atomic E-state index is 0.362. The molecule has 3 aromatic rings. The minimum absolute atomic E-state index is 0.362. The fourth-order valence-electron chi connectivity index (χ4n) is 2.30. The molecule has 0 saturated heterocycles. The first-order chi connectivity index (χ1) is 10.7. The number of anilines is 1. The third kappa shape index (κ3) is 3.21. The molecule has 0 bridgehead atoms. The summed E-state index contributed by atoms with van der Waals surface area (Å²) >= 11 is 0. The molecule has 6 nitrogen and oxygen atoms in total. The molecule has 3 heterocycles. The van der Waals surface area contributed by atoms with E-state index in [2.05, 4.69) is 51.6 Å². The largest absolute Gasteiger partial charge is 0.382 e. The van der Waals surface area contributed by atoms with Crippen LogP contribution in [0.5, 0.6) is 0 Å². The van der Waals surface area contributed by atoms with Gasteiger partial charge in [-0.3, -0.25) is 4.98 Å². The molecule has 3 aromatic heterocycles. The molecule has 114 valence electrons. The van der Waals surface area contributed by atoms with E-state index in [0.29, 0.717) is 5.92 Å². The Morgan fingerprint density at radius 1 is 1.27 bits per heavy atom. The van der Waals surface area contributed by atoms with Crippen LogP contribution in [0.15, 0.2) is 36.8 Å². The first-order valence-corrected chi connectivity index (χ1v) is 7.59. The van der Waals surface area contributed by atoms with Crippen molar-refractivity contribution >= 4 is 11.3 Å². The zero-order chi connectivity index (χ0) is 15.4. The van der Waals surface area contributed by atoms with Crippen molar-refractivity contribution in [2.24, 2.45) is 0 Å². The summed E-state index contributed by atoms with van der Waals surface area (Å²) in [5.74, 6) is 0.362. The van der Waals surface area contributed by atoms with Gasteiger partial charge in [-0.2, -0.15) is 9.61 Å². The molecule has 0 unspecified atom stereocenters. The Morgan fingerprint density at radius 3 is 2.95 bits per heavy atom. The minimum Gasteiger partial charge on any atom is -0.382 e. The van der Waals surface area contributed by atoms with Gasteiger partial charge in [-0.25, -0.2) is 0 Å². The van der Waals surface area contributed by atoms with Crippen LogP contribution in [-0.4, -0.2) is 31.3 Å². The molecule has 3 rings (SSSR count). The Morgan fingerprint density at radius 2 is 2.18 bits per heavy atom. The van der Waals surface area contributed by atoms with E-state index in [0.717, 1.165) is 42.1 Å². The molecular formula is C16H20N6. The van der Waals surface area contributed by atoms with Crippen LogP contribution in [0.4, 0.5) is 5.69 Å². The van der Waals surface area contributed by atoms with Gasteiger partial charge in [0.1, 0.15) is 6.33 Å². The molecule has 0 fully saturated rings. The summed E-state index contributed by atoms with van der Waals surface area (Å²) in [4.78, 5) is 4.34. The van der Waals surface area contributed by atoms with Crippen molar-refractivity contribution in [1.29, 1.82) is 0 Å². The monoisotopic (exact) mass is 296 g/mol. The van der Waals surface area contributed by atoms with Crippen LogP contribution in [0.25, 0.3) is 5.65 Å². The highest BCUT2D eigenvalue weighted by Gasteiger charge is 2.10. The second-order valence-corrected chi connectivity index (χ2v) is 5.59. The Kier molecular flexibility index (Phi) is 4.27. The molecule has 0 aliphatic heterocycles. The van der Waals surface area contributed by atoms with Crippen LogP contribution in [0.1, 0.15) is 37.6 Å². The molecule has 0 aromatic carbocycles. The van der Waals surface area contributed by atoms with Crippen LogP contribution in [0.2, 0.25) is 0 Å². The average Bonchev–Trinajstić information content (AvgIpc) is 3.01. The SMILES string of the molecule is CC(C)c1cc(NCCCc2ccccn2)c2nncn2n1. The molecule has 0 amide bonds. The van der Waals surface area contributed by atoms with Crippen LogP contribution >= 0.6 is 0 Å². The highest BCUT2D eigenvalue weighted by molar-refractivity contribution is 5.66. The van der Waals surface area contributed by atoms with E-state index in [1.165, 1.54) is 0 Å². The zero-order valence-electron chi connectivity index (χ0n) is 12.9. The first-order valence-electron chi connectivity index (χ1n) is 7.59. The third-order valence-electron chi connectivity index (χ3n) is 3.53. The molecule has 0 spiro atoms. The highest BCUT2D eigenvalue weighted by atomic mass is 15.3. The van der Waals surface area contributed by atoms with Crippen molar-refractivity contribution < 1.29 is 0 Å². The molecular weight excluding hydrogens is 276 g/mol. The zero-order valence-corrected chi connectivity index (χ0v) is 12.9. The summed E-state index contributed by atoms with van der Waals surface area (Å²) in [6, 6.07) is 8.08. The summed E-state index contributed by atoms with van der Waals surface area (Å²) < 4.78 is 1.73. The van der Waals surface area contributed by atoms with Gasteiger partial charge in [0.25, 0.3) is 0 Å². The quantitative estimate of drug-likeness (QED) is 0.708. The molecule has 0 saturated carbocycles. The van der Waals surface area contributed by atoms with Crippen molar-refractivity contribution in [3.05, 3.63) is 48.2 Å². The van der Waals surface area contributed by atoms with E-state index in [-0.39, 0.29) is 0 Å². The maximum Gasteiger partial charge on any atom is 0.200 e. The second-order valence-electron chi connectivity index (χ2n) is 5.59. The second kappa shape index (κ2) is 6.51. The van der Waals surface area contributed by atoms with Gasteiger partial charge in [0.2, 0.25) is 5.65 Å². The van der Waals surface area contributed by atoms with E-state index < -0.39 is 0 Å². The molecule has 0 radical (unpaired) electrons. The molecule has 6 heteroatoms. The Hall–Kier alpha value is -2.50. The van der Waals surface area contributed by atoms with Gasteiger partial charge in [-0.05, 0) is 37.0 Å².